The van der Waals surface area contributed by atoms with E-state index in [1.54, 1.807) is 62.1 Å². The Morgan fingerprint density at radius 2 is 1.70 bits per heavy atom. The topological polar surface area (TPSA) is 87.7 Å². The smallest absolute Gasteiger partial charge is 0.408 e. The van der Waals surface area contributed by atoms with E-state index in [4.69, 9.17) is 22.8 Å². The zero-order valence-corrected chi connectivity index (χ0v) is 25.6. The Morgan fingerprint density at radius 1 is 1.07 bits per heavy atom. The van der Waals surface area contributed by atoms with Crippen LogP contribution < -0.4 is 10.6 Å². The molecule has 2 aromatic rings. The second-order valence-electron chi connectivity index (χ2n) is 11.4. The van der Waals surface area contributed by atoms with E-state index in [9.17, 15) is 14.4 Å². The van der Waals surface area contributed by atoms with Crippen molar-refractivity contribution in [3.05, 3.63) is 64.2 Å². The molecule has 216 valence electrons. The summed E-state index contributed by atoms with van der Waals surface area (Å²) in [5.41, 5.74) is 1.75. The van der Waals surface area contributed by atoms with Gasteiger partial charge < -0.3 is 20.3 Å². The molecule has 2 N–H and O–H groups in total. The fourth-order valence-corrected chi connectivity index (χ4v) is 4.57. The molecule has 0 bridgehead atoms. The Labute approximate surface area is 244 Å². The SMILES string of the molecule is C#Cc1ccc(C(C(=O)Nc2c(C)cccc2Cl)N(C(=O)C(CC(C)C)NC(=O)OC(C)(C)C)C(C)CC)cc1. The number of carbonyl (C=O) groups excluding carboxylic acids is 3. The first-order valence-electron chi connectivity index (χ1n) is 13.6. The molecule has 0 saturated carbocycles. The van der Waals surface area contributed by atoms with Crippen LogP contribution in [-0.4, -0.2) is 40.5 Å². The molecular weight excluding hydrogens is 526 g/mol. The quantitative estimate of drug-likeness (QED) is 0.306. The van der Waals surface area contributed by atoms with Crippen LogP contribution in [0.3, 0.4) is 0 Å². The second kappa shape index (κ2) is 14.2. The minimum absolute atomic E-state index is 0.0793. The second-order valence-corrected chi connectivity index (χ2v) is 11.8. The summed E-state index contributed by atoms with van der Waals surface area (Å²) in [6.07, 6.45) is 5.81. The summed E-state index contributed by atoms with van der Waals surface area (Å²) in [4.78, 5) is 42.7. The lowest BCUT2D eigenvalue weighted by Crippen LogP contribution is -2.55. The van der Waals surface area contributed by atoms with Crippen molar-refractivity contribution >= 4 is 35.2 Å². The fraction of sp³-hybridized carbons (Fsp3) is 0.469. The summed E-state index contributed by atoms with van der Waals surface area (Å²) in [5.74, 6) is 1.85. The van der Waals surface area contributed by atoms with Gasteiger partial charge in [0.2, 0.25) is 5.91 Å². The summed E-state index contributed by atoms with van der Waals surface area (Å²) >= 11 is 6.43. The van der Waals surface area contributed by atoms with E-state index in [1.165, 1.54) is 0 Å². The monoisotopic (exact) mass is 567 g/mol. The van der Waals surface area contributed by atoms with E-state index >= 15 is 0 Å². The van der Waals surface area contributed by atoms with Crippen molar-refractivity contribution in [1.82, 2.24) is 10.2 Å². The number of nitrogens with one attached hydrogen (secondary N) is 2. The average Bonchev–Trinajstić information content (AvgIpc) is 2.87. The molecule has 3 atom stereocenters. The molecule has 0 aliphatic carbocycles. The van der Waals surface area contributed by atoms with Crippen LogP contribution in [-0.2, 0) is 14.3 Å². The van der Waals surface area contributed by atoms with Crippen LogP contribution in [0.1, 0.15) is 84.0 Å². The molecule has 8 heteroatoms. The maximum Gasteiger partial charge on any atom is 0.408 e. The van der Waals surface area contributed by atoms with Crippen LogP contribution >= 0.6 is 11.6 Å². The Bertz CT molecular complexity index is 1210. The molecule has 0 radical (unpaired) electrons. The molecule has 3 amide bonds. The number of para-hydroxylation sites is 1. The van der Waals surface area contributed by atoms with Gasteiger partial charge in [-0.3, -0.25) is 9.59 Å². The number of benzene rings is 2. The summed E-state index contributed by atoms with van der Waals surface area (Å²) < 4.78 is 5.46. The minimum atomic E-state index is -1.03. The first kappa shape index (κ1) is 32.7. The number of halogens is 1. The van der Waals surface area contributed by atoms with Gasteiger partial charge in [0.1, 0.15) is 17.7 Å². The molecular formula is C32H42ClN3O4. The van der Waals surface area contributed by atoms with Crippen LogP contribution in [0.5, 0.6) is 0 Å². The number of alkyl carbamates (subject to hydrolysis) is 1. The molecule has 0 fully saturated rings. The predicted molar refractivity (Wildman–Crippen MR) is 161 cm³/mol. The van der Waals surface area contributed by atoms with E-state index in [-0.39, 0.29) is 17.9 Å². The first-order chi connectivity index (χ1) is 18.7. The molecule has 0 heterocycles. The van der Waals surface area contributed by atoms with E-state index in [0.29, 0.717) is 34.7 Å². The number of nitrogens with zero attached hydrogens (tertiary/aromatic N) is 1. The van der Waals surface area contributed by atoms with Gasteiger partial charge in [-0.25, -0.2) is 4.79 Å². The third kappa shape index (κ3) is 9.02. The van der Waals surface area contributed by atoms with Crippen LogP contribution in [0.25, 0.3) is 0 Å². The number of terminal acetylenes is 1. The lowest BCUT2D eigenvalue weighted by Gasteiger charge is -2.38. The lowest BCUT2D eigenvalue weighted by atomic mass is 9.96. The Morgan fingerprint density at radius 3 is 2.20 bits per heavy atom. The normalized spacial score (nSPS) is 13.5. The summed E-state index contributed by atoms with van der Waals surface area (Å²) in [6, 6.07) is 10.0. The van der Waals surface area contributed by atoms with Gasteiger partial charge in [0.05, 0.1) is 10.7 Å². The molecule has 0 aliphatic heterocycles. The van der Waals surface area contributed by atoms with Gasteiger partial charge in [-0.15, -0.1) is 6.42 Å². The van der Waals surface area contributed by atoms with Crippen LogP contribution in [0.4, 0.5) is 10.5 Å². The largest absolute Gasteiger partial charge is 0.444 e. The number of amides is 3. The number of hydrogen-bond donors (Lipinski definition) is 2. The zero-order valence-electron chi connectivity index (χ0n) is 24.8. The highest BCUT2D eigenvalue weighted by molar-refractivity contribution is 6.34. The van der Waals surface area contributed by atoms with Gasteiger partial charge in [-0.2, -0.15) is 0 Å². The van der Waals surface area contributed by atoms with Gasteiger partial charge >= 0.3 is 6.09 Å². The number of hydrogen-bond acceptors (Lipinski definition) is 4. The van der Waals surface area contributed by atoms with Crippen molar-refractivity contribution in [3.63, 3.8) is 0 Å². The summed E-state index contributed by atoms with van der Waals surface area (Å²) in [6.45, 7) is 14.9. The number of ether oxygens (including phenoxy) is 1. The van der Waals surface area contributed by atoms with Gasteiger partial charge in [-0.05, 0) is 82.7 Å². The Balaban J connectivity index is 2.63. The first-order valence-corrected chi connectivity index (χ1v) is 14.0. The Hall–Kier alpha value is -3.50. The van der Waals surface area contributed by atoms with Gasteiger partial charge in [0, 0.05) is 11.6 Å². The highest BCUT2D eigenvalue weighted by atomic mass is 35.5. The molecule has 2 rings (SSSR count). The van der Waals surface area contributed by atoms with E-state index < -0.39 is 29.7 Å². The highest BCUT2D eigenvalue weighted by Gasteiger charge is 2.39. The standard InChI is InChI=1S/C32H42ClN3O4/c1-10-22(6)36(30(38)26(19-20(3)4)34-31(39)40-32(7,8)9)28(24-17-15-23(11-2)16-18-24)29(37)35-27-21(5)13-12-14-25(27)33/h2,12-18,20,22,26,28H,10,19H2,1,3-9H3,(H,34,39)(H,35,37). The van der Waals surface area contributed by atoms with Crippen LogP contribution in [0.15, 0.2) is 42.5 Å². The molecule has 0 spiro atoms. The molecule has 7 nitrogen and oxygen atoms in total. The third-order valence-electron chi connectivity index (χ3n) is 6.41. The van der Waals surface area contributed by atoms with E-state index in [2.05, 4.69) is 16.6 Å². The molecule has 3 unspecified atom stereocenters. The maximum absolute atomic E-state index is 14.3. The van der Waals surface area contributed by atoms with Gasteiger partial charge in [0.15, 0.2) is 0 Å². The van der Waals surface area contributed by atoms with Crippen LogP contribution in [0, 0.1) is 25.2 Å². The average molecular weight is 568 g/mol. The van der Waals surface area contributed by atoms with Crippen molar-refractivity contribution in [2.75, 3.05) is 5.32 Å². The Kier molecular flexibility index (Phi) is 11.6. The van der Waals surface area contributed by atoms with E-state index in [0.717, 1.165) is 5.56 Å². The lowest BCUT2D eigenvalue weighted by molar-refractivity contribution is -0.143. The van der Waals surface area contributed by atoms with Crippen molar-refractivity contribution in [2.45, 2.75) is 92.0 Å². The number of carbonyl (C=O) groups is 3. The maximum atomic E-state index is 14.3. The summed E-state index contributed by atoms with van der Waals surface area (Å²) in [5, 5.41) is 6.11. The molecule has 0 saturated heterocycles. The van der Waals surface area contributed by atoms with Gasteiger partial charge in [-0.1, -0.05) is 62.6 Å². The van der Waals surface area contributed by atoms with Crippen LogP contribution in [0.2, 0.25) is 5.02 Å². The summed E-state index contributed by atoms with van der Waals surface area (Å²) in [7, 11) is 0. The minimum Gasteiger partial charge on any atom is -0.444 e. The molecule has 2 aromatic carbocycles. The highest BCUT2D eigenvalue weighted by Crippen LogP contribution is 2.31. The van der Waals surface area contributed by atoms with E-state index in [1.807, 2.05) is 40.7 Å². The third-order valence-corrected chi connectivity index (χ3v) is 6.72. The molecule has 40 heavy (non-hydrogen) atoms. The molecule has 0 aromatic heterocycles. The van der Waals surface area contributed by atoms with Crippen molar-refractivity contribution in [2.24, 2.45) is 5.92 Å². The number of aryl methyl sites for hydroxylation is 1. The van der Waals surface area contributed by atoms with Crippen molar-refractivity contribution in [3.8, 4) is 12.3 Å². The number of rotatable bonds is 10. The molecule has 0 aliphatic rings. The van der Waals surface area contributed by atoms with Crippen molar-refractivity contribution < 1.29 is 19.1 Å². The fourth-order valence-electron chi connectivity index (χ4n) is 4.30. The number of anilines is 1. The zero-order chi connectivity index (χ0) is 30.2. The van der Waals surface area contributed by atoms with Crippen molar-refractivity contribution in [1.29, 1.82) is 0 Å². The van der Waals surface area contributed by atoms with Gasteiger partial charge in [0.25, 0.3) is 5.91 Å². The predicted octanol–water partition coefficient (Wildman–Crippen LogP) is 6.88.